The summed E-state index contributed by atoms with van der Waals surface area (Å²) < 4.78 is 19.2. The summed E-state index contributed by atoms with van der Waals surface area (Å²) in [5, 5.41) is 18.7. The largest absolute Gasteiger partial charge is 0.411 e. The van der Waals surface area contributed by atoms with E-state index in [-0.39, 0.29) is 27.6 Å². The van der Waals surface area contributed by atoms with Crippen LogP contribution in [0.2, 0.25) is 0 Å². The summed E-state index contributed by atoms with van der Waals surface area (Å²) in [6, 6.07) is 12.5. The van der Waals surface area contributed by atoms with Gasteiger partial charge in [0.05, 0.1) is 10.5 Å². The van der Waals surface area contributed by atoms with Gasteiger partial charge < -0.3 is 4.42 Å². The van der Waals surface area contributed by atoms with Gasteiger partial charge in [-0.05, 0) is 24.6 Å². The summed E-state index contributed by atoms with van der Waals surface area (Å²) in [6.07, 6.45) is 0. The molecule has 122 valence electrons. The van der Waals surface area contributed by atoms with Gasteiger partial charge in [0.25, 0.3) is 16.8 Å². The quantitative estimate of drug-likeness (QED) is 0.381. The van der Waals surface area contributed by atoms with Crippen LogP contribution in [-0.4, -0.2) is 15.1 Å². The first kappa shape index (κ1) is 16.1. The van der Waals surface area contributed by atoms with Crippen molar-refractivity contribution < 1.29 is 13.7 Å². The first-order valence-corrected chi connectivity index (χ1v) is 7.92. The Hall–Kier alpha value is -2.74. The molecule has 3 aromatic rings. The number of nitro benzene ring substituents is 1. The van der Waals surface area contributed by atoms with Crippen molar-refractivity contribution in [2.75, 3.05) is 0 Å². The molecule has 1 heterocycles. The second kappa shape index (κ2) is 6.79. The lowest BCUT2D eigenvalue weighted by atomic mass is 10.1. The highest BCUT2D eigenvalue weighted by Gasteiger charge is 2.17. The lowest BCUT2D eigenvalue weighted by Gasteiger charge is -2.08. The van der Waals surface area contributed by atoms with E-state index in [2.05, 4.69) is 10.2 Å². The molecule has 0 radical (unpaired) electrons. The van der Waals surface area contributed by atoms with Crippen LogP contribution in [0.25, 0.3) is 11.5 Å². The number of aromatic nitrogens is 2. The molecule has 1 aromatic heterocycles. The normalized spacial score (nSPS) is 12.1. The molecular formula is C16H12FN3O3S. The van der Waals surface area contributed by atoms with E-state index in [1.54, 1.807) is 30.3 Å². The van der Waals surface area contributed by atoms with Crippen LogP contribution in [0.15, 0.2) is 58.2 Å². The summed E-state index contributed by atoms with van der Waals surface area (Å²) in [5.41, 5.74) is 1.03. The van der Waals surface area contributed by atoms with Crippen molar-refractivity contribution in [1.29, 1.82) is 0 Å². The summed E-state index contributed by atoms with van der Waals surface area (Å²) >= 11 is 1.25. The molecule has 1 atom stereocenters. The fraction of sp³-hybridized carbons (Fsp3) is 0.125. The molecule has 0 aliphatic heterocycles. The van der Waals surface area contributed by atoms with E-state index in [0.29, 0.717) is 0 Å². The molecule has 2 aromatic carbocycles. The molecule has 6 nitrogen and oxygen atoms in total. The average molecular weight is 345 g/mol. The van der Waals surface area contributed by atoms with Crippen molar-refractivity contribution in [2.24, 2.45) is 0 Å². The topological polar surface area (TPSA) is 82.1 Å². The van der Waals surface area contributed by atoms with Gasteiger partial charge in [-0.3, -0.25) is 10.1 Å². The zero-order valence-corrected chi connectivity index (χ0v) is 13.4. The Morgan fingerprint density at radius 1 is 1.21 bits per heavy atom. The molecule has 0 unspecified atom stereocenters. The Labute approximate surface area is 140 Å². The summed E-state index contributed by atoms with van der Waals surface area (Å²) in [5.74, 6) is -0.341. The van der Waals surface area contributed by atoms with Crippen LogP contribution in [-0.2, 0) is 0 Å². The lowest BCUT2D eigenvalue weighted by Crippen LogP contribution is -1.92. The maximum atomic E-state index is 13.7. The molecular weight excluding hydrogens is 333 g/mol. The molecule has 0 fully saturated rings. The Morgan fingerprint density at radius 3 is 2.75 bits per heavy atom. The summed E-state index contributed by atoms with van der Waals surface area (Å²) in [7, 11) is 0. The zero-order valence-electron chi connectivity index (χ0n) is 12.5. The molecule has 0 bridgehead atoms. The Bertz CT molecular complexity index is 884. The number of nitrogens with zero attached hydrogens (tertiary/aromatic N) is 3. The fourth-order valence-electron chi connectivity index (χ4n) is 2.11. The van der Waals surface area contributed by atoms with Crippen LogP contribution in [0.1, 0.15) is 17.7 Å². The maximum absolute atomic E-state index is 13.7. The molecule has 24 heavy (non-hydrogen) atoms. The van der Waals surface area contributed by atoms with Crippen molar-refractivity contribution in [3.05, 3.63) is 70.0 Å². The molecule has 0 N–H and O–H groups in total. The van der Waals surface area contributed by atoms with Crippen molar-refractivity contribution in [3.63, 3.8) is 0 Å². The van der Waals surface area contributed by atoms with Crippen LogP contribution in [0.4, 0.5) is 10.1 Å². The third-order valence-electron chi connectivity index (χ3n) is 3.34. The van der Waals surface area contributed by atoms with Gasteiger partial charge in [-0.2, -0.15) is 0 Å². The van der Waals surface area contributed by atoms with Gasteiger partial charge in [-0.1, -0.05) is 36.0 Å². The molecule has 3 rings (SSSR count). The molecule has 0 aliphatic carbocycles. The van der Waals surface area contributed by atoms with Crippen molar-refractivity contribution in [2.45, 2.75) is 17.4 Å². The Balaban J connectivity index is 1.78. The standard InChI is InChI=1S/C16H12FN3O3S/c1-10(11-5-4-6-12(9-11)20(21)22)24-16-19-18-15(23-16)13-7-2-3-8-14(13)17/h2-10H,1H3/t10-/m1/s1. The van der Waals surface area contributed by atoms with Crippen LogP contribution < -0.4 is 0 Å². The first-order valence-electron chi connectivity index (χ1n) is 7.04. The second-order valence-electron chi connectivity index (χ2n) is 4.97. The van der Waals surface area contributed by atoms with Gasteiger partial charge in [0.1, 0.15) is 5.82 Å². The molecule has 0 aliphatic rings. The minimum atomic E-state index is -0.441. The Kier molecular flexibility index (Phi) is 4.57. The fourth-order valence-corrected chi connectivity index (χ4v) is 2.91. The molecule has 0 spiro atoms. The molecule has 0 saturated heterocycles. The number of thioether (sulfide) groups is 1. The van der Waals surface area contributed by atoms with Gasteiger partial charge in [0.2, 0.25) is 0 Å². The minimum absolute atomic E-state index is 0.0255. The van der Waals surface area contributed by atoms with E-state index in [9.17, 15) is 14.5 Å². The number of non-ortho nitro benzene ring substituents is 1. The molecule has 0 amide bonds. The van der Waals surface area contributed by atoms with Crippen LogP contribution in [0, 0.1) is 15.9 Å². The zero-order chi connectivity index (χ0) is 17.1. The van der Waals surface area contributed by atoms with E-state index >= 15 is 0 Å². The minimum Gasteiger partial charge on any atom is -0.411 e. The highest BCUT2D eigenvalue weighted by Crippen LogP contribution is 2.36. The highest BCUT2D eigenvalue weighted by molar-refractivity contribution is 7.99. The van der Waals surface area contributed by atoms with Gasteiger partial charge in [-0.15, -0.1) is 10.2 Å². The first-order chi connectivity index (χ1) is 11.5. The van der Waals surface area contributed by atoms with Gasteiger partial charge in [-0.25, -0.2) is 4.39 Å². The predicted octanol–water partition coefficient (Wildman–Crippen LogP) is 4.64. The van der Waals surface area contributed by atoms with E-state index in [4.69, 9.17) is 4.42 Å². The summed E-state index contributed by atoms with van der Waals surface area (Å²) in [4.78, 5) is 10.4. The van der Waals surface area contributed by atoms with E-state index in [1.165, 1.54) is 30.0 Å². The van der Waals surface area contributed by atoms with Crippen LogP contribution in [0.5, 0.6) is 0 Å². The van der Waals surface area contributed by atoms with E-state index in [1.807, 2.05) is 6.92 Å². The SMILES string of the molecule is C[C@@H](Sc1nnc(-c2ccccc2F)o1)c1cccc([N+](=O)[O-])c1. The van der Waals surface area contributed by atoms with Gasteiger partial charge in [0, 0.05) is 17.4 Å². The van der Waals surface area contributed by atoms with Crippen molar-refractivity contribution >= 4 is 17.4 Å². The number of benzene rings is 2. The lowest BCUT2D eigenvalue weighted by molar-refractivity contribution is -0.384. The van der Waals surface area contributed by atoms with Crippen molar-refractivity contribution in [1.82, 2.24) is 10.2 Å². The third kappa shape index (κ3) is 3.43. The van der Waals surface area contributed by atoms with Gasteiger partial charge in [0.15, 0.2) is 0 Å². The number of nitro groups is 1. The Morgan fingerprint density at radius 2 is 2.00 bits per heavy atom. The van der Waals surface area contributed by atoms with Crippen molar-refractivity contribution in [3.8, 4) is 11.5 Å². The monoisotopic (exact) mass is 345 g/mol. The summed E-state index contributed by atoms with van der Waals surface area (Å²) in [6.45, 7) is 1.87. The average Bonchev–Trinajstić information content (AvgIpc) is 3.03. The predicted molar refractivity (Wildman–Crippen MR) is 87.1 cm³/mol. The second-order valence-corrected chi connectivity index (χ2v) is 6.26. The molecule has 8 heteroatoms. The van der Waals surface area contributed by atoms with E-state index < -0.39 is 10.7 Å². The highest BCUT2D eigenvalue weighted by atomic mass is 32.2. The van der Waals surface area contributed by atoms with Crippen LogP contribution >= 0.6 is 11.8 Å². The number of hydrogen-bond donors (Lipinski definition) is 0. The molecule has 0 saturated carbocycles. The van der Waals surface area contributed by atoms with Crippen LogP contribution in [0.3, 0.4) is 0 Å². The van der Waals surface area contributed by atoms with Gasteiger partial charge >= 0.3 is 0 Å². The number of halogens is 1. The smallest absolute Gasteiger partial charge is 0.277 e. The number of rotatable bonds is 5. The third-order valence-corrected chi connectivity index (χ3v) is 4.33. The van der Waals surface area contributed by atoms with E-state index in [0.717, 1.165) is 5.56 Å². The maximum Gasteiger partial charge on any atom is 0.277 e. The number of hydrogen-bond acceptors (Lipinski definition) is 6.